The third-order valence-electron chi connectivity index (χ3n) is 3.85. The van der Waals surface area contributed by atoms with Gasteiger partial charge in [0.1, 0.15) is 5.82 Å². The fourth-order valence-electron chi connectivity index (χ4n) is 2.61. The number of nitrogens with zero attached hydrogens (tertiary/aromatic N) is 1. The van der Waals surface area contributed by atoms with Crippen LogP contribution in [0.5, 0.6) is 0 Å². The smallest absolute Gasteiger partial charge is 0.252 e. The van der Waals surface area contributed by atoms with E-state index in [0.717, 1.165) is 29.8 Å². The third-order valence-corrected chi connectivity index (χ3v) is 4.75. The minimum atomic E-state index is -0.367. The molecule has 1 N–H and O–H groups in total. The summed E-state index contributed by atoms with van der Waals surface area (Å²) in [7, 11) is 0. The monoisotopic (exact) mass is 342 g/mol. The Morgan fingerprint density at radius 3 is 2.88 bits per heavy atom. The summed E-state index contributed by atoms with van der Waals surface area (Å²) in [4.78, 5) is 18.2. The van der Waals surface area contributed by atoms with Crippen molar-refractivity contribution in [1.82, 2.24) is 10.3 Å². The molecule has 0 bridgehead atoms. The molecule has 0 atom stereocenters. The fraction of sp³-hybridized carbons (Fsp3) is 0.263. The molecule has 3 aromatic rings. The molecule has 24 heavy (non-hydrogen) atoms. The van der Waals surface area contributed by atoms with Crippen LogP contribution in [0, 0.1) is 5.82 Å². The number of halogens is 1. The summed E-state index contributed by atoms with van der Waals surface area (Å²) in [6, 6.07) is 10.0. The number of fused-ring (bicyclic) bond motifs is 1. The first-order chi connectivity index (χ1) is 11.7. The van der Waals surface area contributed by atoms with Crippen LogP contribution >= 0.6 is 11.3 Å². The van der Waals surface area contributed by atoms with Crippen LogP contribution in [0.4, 0.5) is 4.39 Å². The summed E-state index contributed by atoms with van der Waals surface area (Å²) in [5.41, 5.74) is 1.84. The second-order valence-corrected chi connectivity index (χ2v) is 6.60. The number of hydrogen-bond donors (Lipinski definition) is 1. The van der Waals surface area contributed by atoms with Crippen LogP contribution in [-0.2, 0) is 0 Å². The zero-order valence-corrected chi connectivity index (χ0v) is 14.3. The van der Waals surface area contributed by atoms with Crippen molar-refractivity contribution < 1.29 is 9.18 Å². The minimum absolute atomic E-state index is 0.179. The third kappa shape index (κ3) is 3.62. The summed E-state index contributed by atoms with van der Waals surface area (Å²) in [6.07, 6.45) is 3.12. The standard InChI is InChI=1S/C19H19FN2OS/c1-2-3-4-9-21-19(23)15-12-17(18-6-5-10-24-18)22-16-8-7-13(20)11-14(15)16/h5-8,10-12H,2-4,9H2,1H3,(H,21,23). The van der Waals surface area contributed by atoms with Gasteiger partial charge in [0.25, 0.3) is 5.91 Å². The number of rotatable bonds is 6. The molecule has 0 aliphatic heterocycles. The van der Waals surface area contributed by atoms with E-state index in [9.17, 15) is 9.18 Å². The normalized spacial score (nSPS) is 10.9. The fourth-order valence-corrected chi connectivity index (χ4v) is 3.29. The van der Waals surface area contributed by atoms with Gasteiger partial charge in [-0.25, -0.2) is 9.37 Å². The number of carbonyl (C=O) groups is 1. The van der Waals surface area contributed by atoms with Crippen LogP contribution in [0.25, 0.3) is 21.5 Å². The summed E-state index contributed by atoms with van der Waals surface area (Å²) < 4.78 is 13.6. The highest BCUT2D eigenvalue weighted by atomic mass is 32.1. The quantitative estimate of drug-likeness (QED) is 0.639. The van der Waals surface area contributed by atoms with Crippen LogP contribution in [0.15, 0.2) is 41.8 Å². The van der Waals surface area contributed by atoms with E-state index in [0.29, 0.717) is 23.0 Å². The summed E-state index contributed by atoms with van der Waals surface area (Å²) >= 11 is 1.56. The Morgan fingerprint density at radius 1 is 1.25 bits per heavy atom. The highest BCUT2D eigenvalue weighted by Gasteiger charge is 2.14. The lowest BCUT2D eigenvalue weighted by Crippen LogP contribution is -2.24. The molecular formula is C19H19FN2OS. The van der Waals surface area contributed by atoms with Gasteiger partial charge in [-0.3, -0.25) is 4.79 Å². The lowest BCUT2D eigenvalue weighted by Gasteiger charge is -2.10. The predicted octanol–water partition coefficient (Wildman–Crippen LogP) is 5.02. The Balaban J connectivity index is 2.00. The Kier molecular flexibility index (Phi) is 5.20. The molecule has 5 heteroatoms. The molecule has 0 unspecified atom stereocenters. The first kappa shape index (κ1) is 16.6. The molecule has 0 spiro atoms. The van der Waals surface area contributed by atoms with E-state index in [1.54, 1.807) is 23.5 Å². The average molecular weight is 342 g/mol. The van der Waals surface area contributed by atoms with E-state index in [2.05, 4.69) is 17.2 Å². The first-order valence-electron chi connectivity index (χ1n) is 8.11. The highest BCUT2D eigenvalue weighted by Crippen LogP contribution is 2.28. The number of pyridine rings is 1. The van der Waals surface area contributed by atoms with E-state index in [-0.39, 0.29) is 11.7 Å². The molecule has 2 heterocycles. The van der Waals surface area contributed by atoms with E-state index in [4.69, 9.17) is 0 Å². The Bertz CT molecular complexity index is 846. The van der Waals surface area contributed by atoms with Crippen LogP contribution in [0.1, 0.15) is 36.5 Å². The van der Waals surface area contributed by atoms with Crippen molar-refractivity contribution in [2.24, 2.45) is 0 Å². The molecule has 0 aliphatic rings. The van der Waals surface area contributed by atoms with Crippen LogP contribution in [0.3, 0.4) is 0 Å². The second-order valence-electron chi connectivity index (χ2n) is 5.66. The zero-order valence-electron chi connectivity index (χ0n) is 13.5. The molecule has 0 fully saturated rings. The Morgan fingerprint density at radius 2 is 2.12 bits per heavy atom. The van der Waals surface area contributed by atoms with Gasteiger partial charge in [0, 0.05) is 11.9 Å². The average Bonchev–Trinajstić information content (AvgIpc) is 3.12. The number of nitrogens with one attached hydrogen (secondary N) is 1. The van der Waals surface area contributed by atoms with Gasteiger partial charge in [-0.15, -0.1) is 11.3 Å². The Labute approximate surface area is 144 Å². The van der Waals surface area contributed by atoms with Gasteiger partial charge in [-0.05, 0) is 42.1 Å². The topological polar surface area (TPSA) is 42.0 Å². The summed E-state index contributed by atoms with van der Waals surface area (Å²) in [6.45, 7) is 2.74. The first-order valence-corrected chi connectivity index (χ1v) is 8.99. The Hall–Kier alpha value is -2.27. The van der Waals surface area contributed by atoms with Gasteiger partial charge < -0.3 is 5.32 Å². The molecular weight excluding hydrogens is 323 g/mol. The maximum absolute atomic E-state index is 13.6. The summed E-state index contributed by atoms with van der Waals surface area (Å²) in [5.74, 6) is -0.546. The molecule has 1 amide bonds. The molecule has 0 saturated heterocycles. The van der Waals surface area contributed by atoms with Crippen LogP contribution in [0.2, 0.25) is 0 Å². The SMILES string of the molecule is CCCCCNC(=O)c1cc(-c2cccs2)nc2ccc(F)cc12. The van der Waals surface area contributed by atoms with Crippen molar-refractivity contribution in [3.63, 3.8) is 0 Å². The zero-order chi connectivity index (χ0) is 16.9. The van der Waals surface area contributed by atoms with Crippen molar-refractivity contribution in [2.45, 2.75) is 26.2 Å². The maximum atomic E-state index is 13.6. The van der Waals surface area contributed by atoms with Gasteiger partial charge in [0.15, 0.2) is 0 Å². The molecule has 2 aromatic heterocycles. The maximum Gasteiger partial charge on any atom is 0.252 e. The lowest BCUT2D eigenvalue weighted by atomic mass is 10.1. The van der Waals surface area contributed by atoms with Crippen molar-refractivity contribution in [3.05, 3.63) is 53.2 Å². The van der Waals surface area contributed by atoms with E-state index < -0.39 is 0 Å². The number of carbonyl (C=O) groups excluding carboxylic acids is 1. The van der Waals surface area contributed by atoms with Crippen LogP contribution in [-0.4, -0.2) is 17.4 Å². The van der Waals surface area contributed by atoms with Gasteiger partial charge in [-0.2, -0.15) is 0 Å². The molecule has 0 radical (unpaired) electrons. The van der Waals surface area contributed by atoms with E-state index >= 15 is 0 Å². The minimum Gasteiger partial charge on any atom is -0.352 e. The predicted molar refractivity (Wildman–Crippen MR) is 96.9 cm³/mol. The number of hydrogen-bond acceptors (Lipinski definition) is 3. The van der Waals surface area contributed by atoms with E-state index in [1.807, 2.05) is 17.5 Å². The number of aromatic nitrogens is 1. The number of benzene rings is 1. The van der Waals surface area contributed by atoms with Gasteiger partial charge in [-0.1, -0.05) is 25.8 Å². The van der Waals surface area contributed by atoms with Crippen molar-refractivity contribution in [3.8, 4) is 10.6 Å². The number of unbranched alkanes of at least 4 members (excludes halogenated alkanes) is 2. The van der Waals surface area contributed by atoms with Crippen LogP contribution < -0.4 is 5.32 Å². The second kappa shape index (κ2) is 7.53. The van der Waals surface area contributed by atoms with Crippen molar-refractivity contribution >= 4 is 28.1 Å². The van der Waals surface area contributed by atoms with Gasteiger partial charge in [0.2, 0.25) is 0 Å². The van der Waals surface area contributed by atoms with Crippen molar-refractivity contribution in [2.75, 3.05) is 6.54 Å². The van der Waals surface area contributed by atoms with Gasteiger partial charge in [0.05, 0.1) is 21.7 Å². The lowest BCUT2D eigenvalue weighted by molar-refractivity contribution is 0.0954. The molecule has 1 aromatic carbocycles. The molecule has 0 aliphatic carbocycles. The summed E-state index contributed by atoms with van der Waals surface area (Å²) in [5, 5.41) is 5.45. The van der Waals surface area contributed by atoms with E-state index in [1.165, 1.54) is 12.1 Å². The molecule has 3 nitrogen and oxygen atoms in total. The molecule has 0 saturated carbocycles. The number of amides is 1. The van der Waals surface area contributed by atoms with Gasteiger partial charge >= 0.3 is 0 Å². The largest absolute Gasteiger partial charge is 0.352 e. The highest BCUT2D eigenvalue weighted by molar-refractivity contribution is 7.13. The molecule has 124 valence electrons. The number of thiophene rings is 1. The molecule has 3 rings (SSSR count). The van der Waals surface area contributed by atoms with Crippen molar-refractivity contribution in [1.29, 1.82) is 0 Å².